The van der Waals surface area contributed by atoms with Gasteiger partial charge in [0.15, 0.2) is 11.5 Å². The van der Waals surface area contributed by atoms with Crippen molar-refractivity contribution in [2.45, 2.75) is 19.4 Å². The van der Waals surface area contributed by atoms with Crippen LogP contribution in [0.15, 0.2) is 72.8 Å². The molecule has 154 valence electrons. The molecule has 0 spiro atoms. The van der Waals surface area contributed by atoms with Crippen LogP contribution in [-0.2, 0) is 19.4 Å². The van der Waals surface area contributed by atoms with Crippen LogP contribution < -0.4 is 14.8 Å². The van der Waals surface area contributed by atoms with E-state index in [1.807, 2.05) is 42.5 Å². The highest BCUT2D eigenvalue weighted by Crippen LogP contribution is 2.28. The van der Waals surface area contributed by atoms with E-state index in [4.69, 9.17) is 21.1 Å². The fourth-order valence-corrected chi connectivity index (χ4v) is 3.11. The van der Waals surface area contributed by atoms with Gasteiger partial charge in [0.2, 0.25) is 0 Å². The molecule has 3 nitrogen and oxygen atoms in total. The van der Waals surface area contributed by atoms with Gasteiger partial charge in [-0.25, -0.2) is 0 Å². The van der Waals surface area contributed by atoms with E-state index in [9.17, 15) is 0 Å². The van der Waals surface area contributed by atoms with Crippen molar-refractivity contribution in [2.24, 2.45) is 0 Å². The van der Waals surface area contributed by atoms with Crippen molar-refractivity contribution >= 4 is 24.0 Å². The van der Waals surface area contributed by atoms with E-state index in [-0.39, 0.29) is 12.4 Å². The molecule has 5 heteroatoms. The quantitative estimate of drug-likeness (QED) is 0.416. The molecule has 3 aromatic rings. The SMILES string of the molecule is COc1cc(CNCCc2ccc(Cl)cc2)ccc1OCCc1ccccc1.Cl. The first-order valence-electron chi connectivity index (χ1n) is 9.53. The number of rotatable bonds is 10. The van der Waals surface area contributed by atoms with E-state index in [0.717, 1.165) is 42.5 Å². The molecule has 0 saturated heterocycles. The van der Waals surface area contributed by atoms with Crippen molar-refractivity contribution in [1.82, 2.24) is 5.32 Å². The average Bonchev–Trinajstić information content (AvgIpc) is 2.74. The molecule has 0 amide bonds. The van der Waals surface area contributed by atoms with Gasteiger partial charge in [0.25, 0.3) is 0 Å². The highest BCUT2D eigenvalue weighted by molar-refractivity contribution is 6.30. The first-order chi connectivity index (χ1) is 13.7. The predicted octanol–water partition coefficient (Wildman–Crippen LogP) is 5.72. The Hall–Kier alpha value is -2.20. The minimum Gasteiger partial charge on any atom is -0.493 e. The second-order valence-corrected chi connectivity index (χ2v) is 7.06. The molecule has 3 rings (SSSR count). The van der Waals surface area contributed by atoms with Gasteiger partial charge in [0.05, 0.1) is 13.7 Å². The van der Waals surface area contributed by atoms with Gasteiger partial charge in [0, 0.05) is 18.0 Å². The molecule has 1 N–H and O–H groups in total. The van der Waals surface area contributed by atoms with Crippen LogP contribution in [0.4, 0.5) is 0 Å². The smallest absolute Gasteiger partial charge is 0.161 e. The number of ether oxygens (including phenoxy) is 2. The Balaban J connectivity index is 0.00000300. The Labute approximate surface area is 184 Å². The summed E-state index contributed by atoms with van der Waals surface area (Å²) in [5.74, 6) is 1.55. The lowest BCUT2D eigenvalue weighted by molar-refractivity contribution is 0.297. The molecule has 29 heavy (non-hydrogen) atoms. The summed E-state index contributed by atoms with van der Waals surface area (Å²) in [5, 5.41) is 4.24. The minimum absolute atomic E-state index is 0. The summed E-state index contributed by atoms with van der Waals surface area (Å²) < 4.78 is 11.4. The molecular weight excluding hydrogens is 405 g/mol. The van der Waals surface area contributed by atoms with Gasteiger partial charge in [0.1, 0.15) is 0 Å². The number of halogens is 2. The third-order valence-corrected chi connectivity index (χ3v) is 4.80. The van der Waals surface area contributed by atoms with Gasteiger partial charge >= 0.3 is 0 Å². The van der Waals surface area contributed by atoms with E-state index in [1.54, 1.807) is 7.11 Å². The fourth-order valence-electron chi connectivity index (χ4n) is 2.98. The zero-order valence-electron chi connectivity index (χ0n) is 16.6. The van der Waals surface area contributed by atoms with Gasteiger partial charge in [-0.3, -0.25) is 0 Å². The molecule has 0 aliphatic carbocycles. The largest absolute Gasteiger partial charge is 0.493 e. The number of hydrogen-bond donors (Lipinski definition) is 1. The van der Waals surface area contributed by atoms with Gasteiger partial charge in [-0.05, 0) is 53.9 Å². The molecule has 0 unspecified atom stereocenters. The highest BCUT2D eigenvalue weighted by atomic mass is 35.5. The van der Waals surface area contributed by atoms with Crippen LogP contribution in [0.2, 0.25) is 5.02 Å². The maximum absolute atomic E-state index is 5.92. The normalized spacial score (nSPS) is 10.3. The van der Waals surface area contributed by atoms with Crippen LogP contribution in [0.25, 0.3) is 0 Å². The zero-order chi connectivity index (χ0) is 19.6. The molecule has 0 aromatic heterocycles. The van der Waals surface area contributed by atoms with Gasteiger partial charge < -0.3 is 14.8 Å². The fraction of sp³-hybridized carbons (Fsp3) is 0.250. The molecular formula is C24H27Cl2NO2. The topological polar surface area (TPSA) is 30.5 Å². The molecule has 0 aliphatic rings. The molecule has 0 aliphatic heterocycles. The van der Waals surface area contributed by atoms with Gasteiger partial charge in [-0.2, -0.15) is 0 Å². The van der Waals surface area contributed by atoms with Crippen molar-refractivity contribution in [2.75, 3.05) is 20.3 Å². The Bertz CT molecular complexity index is 855. The molecule has 0 atom stereocenters. The van der Waals surface area contributed by atoms with Crippen molar-refractivity contribution in [3.63, 3.8) is 0 Å². The Morgan fingerprint density at radius 2 is 1.48 bits per heavy atom. The minimum atomic E-state index is 0. The second kappa shape index (κ2) is 12.4. The summed E-state index contributed by atoms with van der Waals surface area (Å²) in [6.45, 7) is 2.31. The lowest BCUT2D eigenvalue weighted by atomic mass is 10.1. The van der Waals surface area contributed by atoms with Crippen molar-refractivity contribution in [3.05, 3.63) is 94.5 Å². The number of methoxy groups -OCH3 is 1. The first kappa shape index (κ1) is 23.1. The summed E-state index contributed by atoms with van der Waals surface area (Å²) in [5.41, 5.74) is 3.71. The van der Waals surface area contributed by atoms with Gasteiger partial charge in [-0.1, -0.05) is 60.1 Å². The van der Waals surface area contributed by atoms with E-state index >= 15 is 0 Å². The van der Waals surface area contributed by atoms with E-state index in [1.165, 1.54) is 16.7 Å². The standard InChI is InChI=1S/C24H26ClNO2.ClH/c1-27-24-17-21(18-26-15-13-20-7-10-22(25)11-8-20)9-12-23(24)28-16-14-19-5-3-2-4-6-19;/h2-12,17,26H,13-16,18H2,1H3;1H. The van der Waals surface area contributed by atoms with Crippen molar-refractivity contribution < 1.29 is 9.47 Å². The lowest BCUT2D eigenvalue weighted by Crippen LogP contribution is -2.16. The Morgan fingerprint density at radius 1 is 0.793 bits per heavy atom. The molecule has 0 saturated carbocycles. The molecule has 3 aromatic carbocycles. The van der Waals surface area contributed by atoms with Crippen LogP contribution in [0.5, 0.6) is 11.5 Å². The van der Waals surface area contributed by atoms with E-state index in [2.05, 4.69) is 35.6 Å². The second-order valence-electron chi connectivity index (χ2n) is 6.62. The van der Waals surface area contributed by atoms with Crippen LogP contribution in [0.3, 0.4) is 0 Å². The summed E-state index contributed by atoms with van der Waals surface area (Å²) in [6.07, 6.45) is 1.84. The highest BCUT2D eigenvalue weighted by Gasteiger charge is 2.06. The maximum Gasteiger partial charge on any atom is 0.161 e. The summed E-state index contributed by atoms with van der Waals surface area (Å²) >= 11 is 5.92. The van der Waals surface area contributed by atoms with Crippen LogP contribution in [0, 0.1) is 0 Å². The molecule has 0 fully saturated rings. The molecule has 0 radical (unpaired) electrons. The third kappa shape index (κ3) is 7.62. The summed E-state index contributed by atoms with van der Waals surface area (Å²) in [7, 11) is 1.68. The third-order valence-electron chi connectivity index (χ3n) is 4.55. The van der Waals surface area contributed by atoms with Crippen LogP contribution in [-0.4, -0.2) is 20.3 Å². The van der Waals surface area contributed by atoms with Gasteiger partial charge in [-0.15, -0.1) is 12.4 Å². The molecule has 0 heterocycles. The van der Waals surface area contributed by atoms with Crippen LogP contribution >= 0.6 is 24.0 Å². The monoisotopic (exact) mass is 431 g/mol. The van der Waals surface area contributed by atoms with Crippen molar-refractivity contribution in [3.8, 4) is 11.5 Å². The van der Waals surface area contributed by atoms with E-state index in [0.29, 0.717) is 6.61 Å². The van der Waals surface area contributed by atoms with Crippen LogP contribution in [0.1, 0.15) is 16.7 Å². The number of benzene rings is 3. The summed E-state index contributed by atoms with van der Waals surface area (Å²) in [4.78, 5) is 0. The molecule has 0 bridgehead atoms. The van der Waals surface area contributed by atoms with E-state index < -0.39 is 0 Å². The Kier molecular flexibility index (Phi) is 9.85. The summed E-state index contributed by atoms with van der Waals surface area (Å²) in [6, 6.07) is 24.4. The lowest BCUT2D eigenvalue weighted by Gasteiger charge is -2.13. The number of hydrogen-bond acceptors (Lipinski definition) is 3. The predicted molar refractivity (Wildman–Crippen MR) is 123 cm³/mol. The Morgan fingerprint density at radius 3 is 2.21 bits per heavy atom. The zero-order valence-corrected chi connectivity index (χ0v) is 18.1. The van der Waals surface area contributed by atoms with Crippen molar-refractivity contribution in [1.29, 1.82) is 0 Å². The maximum atomic E-state index is 5.92. The number of nitrogens with one attached hydrogen (secondary N) is 1. The average molecular weight is 432 g/mol. The first-order valence-corrected chi connectivity index (χ1v) is 9.91.